The lowest BCUT2D eigenvalue weighted by Gasteiger charge is -2.17. The topological polar surface area (TPSA) is 45.8 Å². The Balaban J connectivity index is 1.64. The molecular weight excluding hydrogens is 608 g/mol. The van der Waals surface area contributed by atoms with Crippen LogP contribution >= 0.6 is 23.1 Å². The van der Waals surface area contributed by atoms with Gasteiger partial charge in [-0.3, -0.25) is 4.79 Å². The van der Waals surface area contributed by atoms with Crippen LogP contribution in [0.4, 0.5) is 35.1 Å². The fourth-order valence-electron chi connectivity index (χ4n) is 4.28. The second kappa shape index (κ2) is 11.2. The molecule has 1 saturated carbocycles. The molecule has 3 nitrogen and oxygen atoms in total. The van der Waals surface area contributed by atoms with E-state index in [0.29, 0.717) is 28.7 Å². The summed E-state index contributed by atoms with van der Waals surface area (Å²) in [5.74, 6) is -0.858. The standard InChI is InChI=1S/C29H18F8N2OS2/c30-19-4-3-16(23(31)10-19)13-39-24(11-22(29(35,36)37)21(12-38)27(39)40)26-6-5-25(42-26)17-7-18(28(32,33)34)9-20(8-17)41-14-15-1-2-15/h3-11,15H,1-2,13-14H2. The van der Waals surface area contributed by atoms with Crippen LogP contribution in [0.5, 0.6) is 0 Å². The van der Waals surface area contributed by atoms with Crippen molar-refractivity contribution < 1.29 is 35.1 Å². The third-order valence-corrected chi connectivity index (χ3v) is 8.98. The van der Waals surface area contributed by atoms with Crippen molar-refractivity contribution >= 4 is 23.1 Å². The van der Waals surface area contributed by atoms with Crippen LogP contribution in [0.3, 0.4) is 0 Å². The van der Waals surface area contributed by atoms with E-state index in [1.165, 1.54) is 30.0 Å². The maximum atomic E-state index is 14.5. The molecule has 13 heteroatoms. The number of rotatable bonds is 7. The number of pyridine rings is 1. The lowest BCUT2D eigenvalue weighted by atomic mass is 10.1. The molecule has 0 bridgehead atoms. The van der Waals surface area contributed by atoms with Gasteiger partial charge in [-0.15, -0.1) is 23.1 Å². The molecule has 0 amide bonds. The van der Waals surface area contributed by atoms with Gasteiger partial charge in [0.05, 0.1) is 28.2 Å². The number of thioether (sulfide) groups is 1. The second-order valence-electron chi connectivity index (χ2n) is 9.72. The normalized spacial score (nSPS) is 13.8. The van der Waals surface area contributed by atoms with Gasteiger partial charge in [0.1, 0.15) is 23.3 Å². The molecule has 42 heavy (non-hydrogen) atoms. The first-order valence-corrected chi connectivity index (χ1v) is 14.2. The Morgan fingerprint density at radius 3 is 2.26 bits per heavy atom. The minimum absolute atomic E-state index is 0.0594. The van der Waals surface area contributed by atoms with Crippen LogP contribution in [-0.4, -0.2) is 10.3 Å². The van der Waals surface area contributed by atoms with Gasteiger partial charge in [-0.25, -0.2) is 8.78 Å². The van der Waals surface area contributed by atoms with Gasteiger partial charge < -0.3 is 4.57 Å². The fraction of sp³-hybridized carbons (Fsp3) is 0.241. The summed E-state index contributed by atoms with van der Waals surface area (Å²) < 4.78 is 111. The van der Waals surface area contributed by atoms with Gasteiger partial charge >= 0.3 is 12.4 Å². The van der Waals surface area contributed by atoms with E-state index in [-0.39, 0.29) is 26.6 Å². The molecule has 4 aromatic rings. The Morgan fingerprint density at radius 1 is 0.929 bits per heavy atom. The van der Waals surface area contributed by atoms with Crippen molar-refractivity contribution in [3.8, 4) is 27.1 Å². The molecule has 0 radical (unpaired) electrons. The maximum Gasteiger partial charge on any atom is 0.417 e. The zero-order valence-electron chi connectivity index (χ0n) is 21.2. The first-order valence-electron chi connectivity index (χ1n) is 12.4. The van der Waals surface area contributed by atoms with E-state index in [4.69, 9.17) is 0 Å². The molecule has 0 aliphatic heterocycles. The van der Waals surface area contributed by atoms with Crippen molar-refractivity contribution in [1.82, 2.24) is 4.57 Å². The lowest BCUT2D eigenvalue weighted by molar-refractivity contribution is -0.138. The molecule has 1 aliphatic rings. The summed E-state index contributed by atoms with van der Waals surface area (Å²) in [5.41, 5.74) is -5.32. The molecule has 0 N–H and O–H groups in total. The molecule has 218 valence electrons. The Labute approximate surface area is 242 Å². The van der Waals surface area contributed by atoms with E-state index in [9.17, 15) is 45.2 Å². The van der Waals surface area contributed by atoms with Crippen LogP contribution in [0.15, 0.2) is 64.3 Å². The van der Waals surface area contributed by atoms with Crippen LogP contribution < -0.4 is 5.56 Å². The van der Waals surface area contributed by atoms with E-state index < -0.39 is 52.8 Å². The zero-order chi connectivity index (χ0) is 30.4. The van der Waals surface area contributed by atoms with Crippen LogP contribution in [0.1, 0.15) is 35.1 Å². The van der Waals surface area contributed by atoms with E-state index >= 15 is 0 Å². The number of thiophene rings is 1. The van der Waals surface area contributed by atoms with Crippen molar-refractivity contribution in [2.45, 2.75) is 36.6 Å². The van der Waals surface area contributed by atoms with Crippen LogP contribution in [0, 0.1) is 28.9 Å². The largest absolute Gasteiger partial charge is 0.417 e. The SMILES string of the molecule is N#Cc1c(C(F)(F)F)cc(-c2ccc(-c3cc(SCC4CC4)cc(C(F)(F)F)c3)s2)n(Cc2ccc(F)cc2F)c1=O. The highest BCUT2D eigenvalue weighted by Crippen LogP contribution is 2.42. The summed E-state index contributed by atoms with van der Waals surface area (Å²) in [6.45, 7) is -0.633. The summed E-state index contributed by atoms with van der Waals surface area (Å²) >= 11 is 2.13. The number of nitrogens with zero attached hydrogens (tertiary/aromatic N) is 2. The minimum atomic E-state index is -5.09. The van der Waals surface area contributed by atoms with Crippen molar-refractivity contribution in [3.63, 3.8) is 0 Å². The third-order valence-electron chi connectivity index (χ3n) is 6.62. The summed E-state index contributed by atoms with van der Waals surface area (Å²) in [7, 11) is 0. The van der Waals surface area contributed by atoms with E-state index in [1.807, 2.05) is 0 Å². The maximum absolute atomic E-state index is 14.5. The molecule has 2 aromatic heterocycles. The first kappa shape index (κ1) is 29.8. The van der Waals surface area contributed by atoms with Gasteiger partial charge in [0, 0.05) is 27.2 Å². The smallest absolute Gasteiger partial charge is 0.302 e. The number of aromatic nitrogens is 1. The summed E-state index contributed by atoms with van der Waals surface area (Å²) in [4.78, 5) is 13.9. The molecule has 2 aromatic carbocycles. The predicted octanol–water partition coefficient (Wildman–Crippen LogP) is 8.98. The quantitative estimate of drug-likeness (QED) is 0.152. The number of halogens is 8. The Hall–Kier alpha value is -3.63. The van der Waals surface area contributed by atoms with Crippen molar-refractivity contribution in [2.75, 3.05) is 5.75 Å². The van der Waals surface area contributed by atoms with Crippen LogP contribution in [-0.2, 0) is 18.9 Å². The highest BCUT2D eigenvalue weighted by atomic mass is 32.2. The molecule has 0 spiro atoms. The molecule has 2 heterocycles. The Morgan fingerprint density at radius 2 is 1.64 bits per heavy atom. The fourth-order valence-corrected chi connectivity index (χ4v) is 6.48. The van der Waals surface area contributed by atoms with Crippen LogP contribution in [0.2, 0.25) is 0 Å². The lowest BCUT2D eigenvalue weighted by Crippen LogP contribution is -2.28. The Kier molecular flexibility index (Phi) is 7.98. The molecule has 0 unspecified atom stereocenters. The Bertz CT molecular complexity index is 1760. The average Bonchev–Trinajstić information content (AvgIpc) is 3.62. The van der Waals surface area contributed by atoms with Gasteiger partial charge in [0.25, 0.3) is 5.56 Å². The average molecular weight is 627 g/mol. The highest BCUT2D eigenvalue weighted by molar-refractivity contribution is 7.99. The molecule has 0 saturated heterocycles. The number of hydrogen-bond acceptors (Lipinski definition) is 4. The summed E-state index contributed by atoms with van der Waals surface area (Å²) in [5, 5.41) is 9.38. The summed E-state index contributed by atoms with van der Waals surface area (Å²) in [6.07, 6.45) is -7.70. The van der Waals surface area contributed by atoms with E-state index in [1.54, 1.807) is 6.07 Å². The predicted molar refractivity (Wildman–Crippen MR) is 143 cm³/mol. The summed E-state index contributed by atoms with van der Waals surface area (Å²) in [6, 6.07) is 10.7. The van der Waals surface area contributed by atoms with Gasteiger partial charge in [0.15, 0.2) is 0 Å². The molecule has 1 fully saturated rings. The minimum Gasteiger partial charge on any atom is -0.302 e. The van der Waals surface area contributed by atoms with Gasteiger partial charge in [0.2, 0.25) is 0 Å². The number of alkyl halides is 6. The van der Waals surface area contributed by atoms with Crippen LogP contribution in [0.25, 0.3) is 21.0 Å². The molecule has 0 atom stereocenters. The first-order chi connectivity index (χ1) is 19.7. The van der Waals surface area contributed by atoms with Gasteiger partial charge in [-0.05, 0) is 66.8 Å². The van der Waals surface area contributed by atoms with Gasteiger partial charge in [-0.2, -0.15) is 31.6 Å². The van der Waals surface area contributed by atoms with E-state index in [0.717, 1.165) is 53.0 Å². The number of nitriles is 1. The molecular formula is C29H18F8N2OS2. The number of benzene rings is 2. The zero-order valence-corrected chi connectivity index (χ0v) is 22.9. The van der Waals surface area contributed by atoms with Crippen molar-refractivity contribution in [1.29, 1.82) is 5.26 Å². The van der Waals surface area contributed by atoms with E-state index in [2.05, 4.69) is 0 Å². The monoisotopic (exact) mass is 626 g/mol. The van der Waals surface area contributed by atoms with Crippen molar-refractivity contribution in [3.05, 3.63) is 98.8 Å². The number of hydrogen-bond donors (Lipinski definition) is 0. The third kappa shape index (κ3) is 6.39. The van der Waals surface area contributed by atoms with Gasteiger partial charge in [-0.1, -0.05) is 6.07 Å². The molecule has 1 aliphatic carbocycles. The highest BCUT2D eigenvalue weighted by Gasteiger charge is 2.37. The second-order valence-corrected chi connectivity index (χ2v) is 11.9. The molecule has 5 rings (SSSR count). The van der Waals surface area contributed by atoms with Crippen molar-refractivity contribution in [2.24, 2.45) is 5.92 Å².